The SMILES string of the molecule is CNc1ccc(Oc2ccc(C(N)=O)c(Cl)c2)cc1. The Labute approximate surface area is 116 Å². The summed E-state index contributed by atoms with van der Waals surface area (Å²) in [6, 6.07) is 12.2. The topological polar surface area (TPSA) is 64.3 Å². The number of hydrogen-bond donors (Lipinski definition) is 2. The molecule has 0 aliphatic heterocycles. The van der Waals surface area contributed by atoms with Crippen molar-refractivity contribution in [2.75, 3.05) is 12.4 Å². The molecule has 2 aromatic rings. The number of halogens is 1. The van der Waals surface area contributed by atoms with Crippen LogP contribution in [-0.2, 0) is 0 Å². The average molecular weight is 277 g/mol. The van der Waals surface area contributed by atoms with E-state index in [1.165, 1.54) is 0 Å². The minimum absolute atomic E-state index is 0.275. The van der Waals surface area contributed by atoms with Crippen molar-refractivity contribution in [3.8, 4) is 11.5 Å². The molecule has 0 aromatic heterocycles. The summed E-state index contributed by atoms with van der Waals surface area (Å²) in [7, 11) is 1.85. The highest BCUT2D eigenvalue weighted by atomic mass is 35.5. The lowest BCUT2D eigenvalue weighted by Crippen LogP contribution is -2.11. The summed E-state index contributed by atoms with van der Waals surface area (Å²) in [5.74, 6) is 0.670. The van der Waals surface area contributed by atoms with Gasteiger partial charge in [-0.05, 0) is 36.4 Å². The molecule has 98 valence electrons. The van der Waals surface area contributed by atoms with Crippen molar-refractivity contribution in [2.24, 2.45) is 5.73 Å². The van der Waals surface area contributed by atoms with Gasteiger partial charge in [-0.3, -0.25) is 4.79 Å². The molecule has 0 radical (unpaired) electrons. The zero-order valence-electron chi connectivity index (χ0n) is 10.3. The molecule has 0 fully saturated rings. The normalized spacial score (nSPS) is 10.0. The van der Waals surface area contributed by atoms with Crippen molar-refractivity contribution in [1.82, 2.24) is 0 Å². The van der Waals surface area contributed by atoms with Crippen LogP contribution in [-0.4, -0.2) is 13.0 Å². The first-order valence-corrected chi connectivity index (χ1v) is 6.03. The highest BCUT2D eigenvalue weighted by Gasteiger charge is 2.08. The first kappa shape index (κ1) is 13.2. The number of hydrogen-bond acceptors (Lipinski definition) is 3. The second-order valence-electron chi connectivity index (χ2n) is 3.88. The fourth-order valence-electron chi connectivity index (χ4n) is 1.58. The van der Waals surface area contributed by atoms with Gasteiger partial charge in [0, 0.05) is 18.8 Å². The third kappa shape index (κ3) is 3.17. The van der Waals surface area contributed by atoms with Gasteiger partial charge in [0.1, 0.15) is 11.5 Å². The van der Waals surface area contributed by atoms with E-state index in [0.717, 1.165) is 5.69 Å². The zero-order chi connectivity index (χ0) is 13.8. The van der Waals surface area contributed by atoms with E-state index < -0.39 is 5.91 Å². The molecule has 0 spiro atoms. The van der Waals surface area contributed by atoms with Gasteiger partial charge in [-0.25, -0.2) is 0 Å². The minimum atomic E-state index is -0.560. The van der Waals surface area contributed by atoms with Crippen LogP contribution in [0.3, 0.4) is 0 Å². The Morgan fingerprint density at radius 2 is 1.79 bits per heavy atom. The number of amides is 1. The maximum atomic E-state index is 11.1. The molecule has 2 rings (SSSR count). The van der Waals surface area contributed by atoms with Crippen molar-refractivity contribution < 1.29 is 9.53 Å². The van der Waals surface area contributed by atoms with E-state index in [-0.39, 0.29) is 10.6 Å². The Morgan fingerprint density at radius 3 is 2.32 bits per heavy atom. The highest BCUT2D eigenvalue weighted by molar-refractivity contribution is 6.33. The molecule has 0 unspecified atom stereocenters. The number of anilines is 1. The predicted molar refractivity (Wildman–Crippen MR) is 76.0 cm³/mol. The van der Waals surface area contributed by atoms with Crippen LogP contribution in [0.4, 0.5) is 5.69 Å². The third-order valence-corrected chi connectivity index (χ3v) is 2.90. The molecule has 19 heavy (non-hydrogen) atoms. The molecule has 0 aliphatic carbocycles. The second-order valence-corrected chi connectivity index (χ2v) is 4.29. The van der Waals surface area contributed by atoms with Gasteiger partial charge in [-0.1, -0.05) is 11.6 Å². The number of primary amides is 1. The molecule has 0 bridgehead atoms. The number of carbonyl (C=O) groups is 1. The van der Waals surface area contributed by atoms with E-state index in [4.69, 9.17) is 22.1 Å². The fourth-order valence-corrected chi connectivity index (χ4v) is 1.85. The zero-order valence-corrected chi connectivity index (χ0v) is 11.1. The monoisotopic (exact) mass is 276 g/mol. The molecule has 3 N–H and O–H groups in total. The molecule has 4 nitrogen and oxygen atoms in total. The first-order chi connectivity index (χ1) is 9.10. The van der Waals surface area contributed by atoms with Crippen molar-refractivity contribution >= 4 is 23.2 Å². The largest absolute Gasteiger partial charge is 0.457 e. The molecule has 2 aromatic carbocycles. The maximum Gasteiger partial charge on any atom is 0.250 e. The summed E-state index contributed by atoms with van der Waals surface area (Å²) in [5, 5.41) is 3.29. The van der Waals surface area contributed by atoms with Crippen LogP contribution >= 0.6 is 11.6 Å². The van der Waals surface area contributed by atoms with Gasteiger partial charge in [-0.2, -0.15) is 0 Å². The molecule has 1 amide bonds. The van der Waals surface area contributed by atoms with Crippen LogP contribution in [0, 0.1) is 0 Å². The van der Waals surface area contributed by atoms with Crippen molar-refractivity contribution in [3.05, 3.63) is 53.1 Å². The van der Waals surface area contributed by atoms with Crippen LogP contribution in [0.25, 0.3) is 0 Å². The van der Waals surface area contributed by atoms with E-state index in [2.05, 4.69) is 5.32 Å². The average Bonchev–Trinajstić information content (AvgIpc) is 2.39. The van der Waals surface area contributed by atoms with E-state index >= 15 is 0 Å². The van der Waals surface area contributed by atoms with Gasteiger partial charge in [-0.15, -0.1) is 0 Å². The van der Waals surface area contributed by atoms with Gasteiger partial charge in [0.2, 0.25) is 5.91 Å². The summed E-state index contributed by atoms with van der Waals surface area (Å²) in [6.07, 6.45) is 0. The number of nitrogens with two attached hydrogens (primary N) is 1. The lowest BCUT2D eigenvalue weighted by Gasteiger charge is -2.08. The van der Waals surface area contributed by atoms with Crippen molar-refractivity contribution in [3.63, 3.8) is 0 Å². The lowest BCUT2D eigenvalue weighted by atomic mass is 10.2. The summed E-state index contributed by atoms with van der Waals surface area (Å²) < 4.78 is 5.63. The van der Waals surface area contributed by atoms with Gasteiger partial charge < -0.3 is 15.8 Å². The fraction of sp³-hybridized carbons (Fsp3) is 0.0714. The standard InChI is InChI=1S/C14H13ClN2O2/c1-17-9-2-4-10(5-3-9)19-11-6-7-12(14(16)18)13(15)8-11/h2-8,17H,1H3,(H2,16,18). The molecular formula is C14H13ClN2O2. The number of nitrogens with one attached hydrogen (secondary N) is 1. The highest BCUT2D eigenvalue weighted by Crippen LogP contribution is 2.27. The molecule has 0 saturated heterocycles. The van der Waals surface area contributed by atoms with E-state index in [0.29, 0.717) is 11.5 Å². The van der Waals surface area contributed by atoms with E-state index in [1.54, 1.807) is 18.2 Å². The summed E-state index contributed by atoms with van der Waals surface area (Å²) in [6.45, 7) is 0. The minimum Gasteiger partial charge on any atom is -0.457 e. The van der Waals surface area contributed by atoms with Crippen LogP contribution in [0.2, 0.25) is 5.02 Å². The van der Waals surface area contributed by atoms with E-state index in [9.17, 15) is 4.79 Å². The first-order valence-electron chi connectivity index (χ1n) is 5.65. The van der Waals surface area contributed by atoms with Gasteiger partial charge in [0.25, 0.3) is 0 Å². The van der Waals surface area contributed by atoms with Crippen molar-refractivity contribution in [2.45, 2.75) is 0 Å². The van der Waals surface area contributed by atoms with E-state index in [1.807, 2.05) is 31.3 Å². The Morgan fingerprint density at radius 1 is 1.16 bits per heavy atom. The lowest BCUT2D eigenvalue weighted by molar-refractivity contribution is 0.100. The van der Waals surface area contributed by atoms with Gasteiger partial charge >= 0.3 is 0 Å². The van der Waals surface area contributed by atoms with Crippen LogP contribution in [0.1, 0.15) is 10.4 Å². The van der Waals surface area contributed by atoms with Gasteiger partial charge in [0.05, 0.1) is 10.6 Å². The number of carbonyl (C=O) groups excluding carboxylic acids is 1. The molecular weight excluding hydrogens is 264 g/mol. The Bertz CT molecular complexity index is 597. The van der Waals surface area contributed by atoms with Gasteiger partial charge in [0.15, 0.2) is 0 Å². The Hall–Kier alpha value is -2.20. The molecule has 0 heterocycles. The molecule has 0 saturated carbocycles. The molecule has 5 heteroatoms. The summed E-state index contributed by atoms with van der Waals surface area (Å²) in [5.41, 5.74) is 6.45. The second kappa shape index (κ2) is 5.63. The molecule has 0 aliphatic rings. The molecule has 0 atom stereocenters. The quantitative estimate of drug-likeness (QED) is 0.901. The number of ether oxygens (including phenoxy) is 1. The Balaban J connectivity index is 2.18. The summed E-state index contributed by atoms with van der Waals surface area (Å²) in [4.78, 5) is 11.1. The van der Waals surface area contributed by atoms with Crippen LogP contribution in [0.5, 0.6) is 11.5 Å². The smallest absolute Gasteiger partial charge is 0.250 e. The predicted octanol–water partition coefficient (Wildman–Crippen LogP) is 3.27. The Kier molecular flexibility index (Phi) is 3.92. The third-order valence-electron chi connectivity index (χ3n) is 2.58. The number of benzene rings is 2. The van der Waals surface area contributed by atoms with Crippen LogP contribution < -0.4 is 15.8 Å². The van der Waals surface area contributed by atoms with Crippen molar-refractivity contribution in [1.29, 1.82) is 0 Å². The maximum absolute atomic E-state index is 11.1. The summed E-state index contributed by atoms with van der Waals surface area (Å²) >= 11 is 5.95. The number of rotatable bonds is 4. The van der Waals surface area contributed by atoms with Crippen LogP contribution in [0.15, 0.2) is 42.5 Å².